The maximum Gasteiger partial charge on any atom is 0.312 e. The van der Waals surface area contributed by atoms with Crippen LogP contribution in [0.1, 0.15) is 126 Å². The fraction of sp³-hybridized carbons (Fsp3) is 0.531. The van der Waals surface area contributed by atoms with E-state index in [-0.39, 0.29) is 153 Å². The predicted octanol–water partition coefficient (Wildman–Crippen LogP) is 15.6. The summed E-state index contributed by atoms with van der Waals surface area (Å²) in [6.07, 6.45) is -0.876. The van der Waals surface area contributed by atoms with Crippen molar-refractivity contribution in [2.24, 2.45) is 60.3 Å². The Morgan fingerprint density at radius 1 is 0.381 bits per heavy atom. The van der Waals surface area contributed by atoms with Crippen molar-refractivity contribution in [3.05, 3.63) is 206 Å². The zero-order chi connectivity index (χ0) is 96.9. The van der Waals surface area contributed by atoms with Gasteiger partial charge in [-0.15, -0.1) is 47.0 Å². The van der Waals surface area contributed by atoms with E-state index in [0.29, 0.717) is 127 Å². The molecule has 6 N–H and O–H groups in total. The second-order valence-corrected chi connectivity index (χ2v) is 42.2. The summed E-state index contributed by atoms with van der Waals surface area (Å²) in [5, 5.41) is 14.2. The second kappa shape index (κ2) is 45.0. The SMILES string of the molecule is CO[C@H]1COC[C@]2(c3cc(N)ccc3F)N=C(CC(=O)OC(C)(C)C)SC[C@H]12.CO[C@H]1COC[C@]2(c3cc(N)ccc3F)N=C(CC(=O)OC(C)(C)C)SC[C@H]12.CO[C@H]1COC[C@]2(c3cc([N+](=O)[O-])ccc3F)N=C(CC(=O)OC(C)(C)C)SC[C@H]12.CO[C@H]1COC[C@]2(c3ccccc3F)N=C(CC(=O)c3ccccc3)SC[C@H]12.CO[C@H]1COC[C@]2(c3ccccc3F)N=C(N)SC[C@H]12. The van der Waals surface area contributed by atoms with Crippen molar-refractivity contribution < 1.29 is 108 Å². The van der Waals surface area contributed by atoms with Crippen LogP contribution in [-0.2, 0) is 104 Å². The molecule has 10 aliphatic rings. The van der Waals surface area contributed by atoms with E-state index in [1.807, 2.05) is 71.9 Å². The highest BCUT2D eigenvalue weighted by Gasteiger charge is 2.58. The summed E-state index contributed by atoms with van der Waals surface area (Å²) in [5.74, 6) is -0.361. The molecule has 10 heterocycles. The summed E-state index contributed by atoms with van der Waals surface area (Å²) >= 11 is 7.41. The number of nitrogens with two attached hydrogens (primary N) is 3. The van der Waals surface area contributed by atoms with Gasteiger partial charge in [0.1, 0.15) is 73.6 Å². The molecule has 6 aromatic rings. The third-order valence-corrected chi connectivity index (χ3v) is 29.6. The maximum atomic E-state index is 14.9. The van der Waals surface area contributed by atoms with Crippen LogP contribution in [0.15, 0.2) is 158 Å². The van der Waals surface area contributed by atoms with E-state index < -0.39 is 72.8 Å². The largest absolute Gasteiger partial charge is 0.460 e. The topological polar surface area (TPSA) is 371 Å². The summed E-state index contributed by atoms with van der Waals surface area (Å²) in [6.45, 7) is 19.4. The summed E-state index contributed by atoms with van der Waals surface area (Å²) in [6, 6.07) is 34.9. The van der Waals surface area contributed by atoms with Crippen LogP contribution in [-0.4, -0.2) is 232 Å². The lowest BCUT2D eigenvalue weighted by Gasteiger charge is -2.47. The van der Waals surface area contributed by atoms with Gasteiger partial charge >= 0.3 is 17.9 Å². The number of esters is 3. The Labute approximate surface area is 798 Å². The Morgan fingerprint density at radius 2 is 0.657 bits per heavy atom. The molecule has 0 saturated carbocycles. The lowest BCUT2D eigenvalue weighted by atomic mass is 9.75. The van der Waals surface area contributed by atoms with Crippen molar-refractivity contribution in [2.45, 2.75) is 163 Å². The average molecular weight is 1960 g/mol. The molecule has 726 valence electrons. The number of carbonyl (C=O) groups is 4. The van der Waals surface area contributed by atoms with Gasteiger partial charge < -0.3 is 78.8 Å². The van der Waals surface area contributed by atoms with Crippen molar-refractivity contribution in [1.82, 2.24) is 0 Å². The summed E-state index contributed by atoms with van der Waals surface area (Å²) < 4.78 is 146. The second-order valence-electron chi connectivity index (χ2n) is 36.7. The quantitative estimate of drug-likeness (QED) is 0.0122. The monoisotopic (exact) mass is 1960 g/mol. The number of benzene rings is 6. The molecule has 15 atom stereocenters. The molecule has 0 amide bonds. The third-order valence-electron chi connectivity index (χ3n) is 24.4. The first-order chi connectivity index (χ1) is 63.6. The van der Waals surface area contributed by atoms with E-state index in [2.05, 4.69) is 4.99 Å². The van der Waals surface area contributed by atoms with Crippen LogP contribution in [0.3, 0.4) is 0 Å². The van der Waals surface area contributed by atoms with Gasteiger partial charge in [0.25, 0.3) is 5.69 Å². The number of nitrogen functional groups attached to an aromatic ring is 2. The average Bonchev–Trinajstić information content (AvgIpc) is 0.748. The van der Waals surface area contributed by atoms with Crippen molar-refractivity contribution in [1.29, 1.82) is 0 Å². The minimum atomic E-state index is -1.22. The van der Waals surface area contributed by atoms with Crippen molar-refractivity contribution >= 4 is 125 Å². The van der Waals surface area contributed by atoms with Crippen molar-refractivity contribution in [3.63, 3.8) is 0 Å². The number of ketones is 1. The molecule has 38 heteroatoms. The molecule has 10 aliphatic heterocycles. The minimum Gasteiger partial charge on any atom is -0.460 e. The van der Waals surface area contributed by atoms with E-state index in [9.17, 15) is 51.2 Å². The number of rotatable bonds is 20. The number of methoxy groups -OCH3 is 5. The summed E-state index contributed by atoms with van der Waals surface area (Å²) in [5.41, 5.74) is 14.3. The van der Waals surface area contributed by atoms with Gasteiger partial charge in [0.2, 0.25) is 0 Å². The highest BCUT2D eigenvalue weighted by molar-refractivity contribution is 8.15. The number of nitrogens with zero attached hydrogens (tertiary/aromatic N) is 6. The maximum absolute atomic E-state index is 14.9. The van der Waals surface area contributed by atoms with Crippen LogP contribution in [0.5, 0.6) is 0 Å². The van der Waals surface area contributed by atoms with E-state index in [0.717, 1.165) is 17.9 Å². The molecule has 0 aliphatic carbocycles. The van der Waals surface area contributed by atoms with Crippen LogP contribution in [0, 0.1) is 68.8 Å². The Morgan fingerprint density at radius 3 is 0.970 bits per heavy atom. The first-order valence-corrected chi connectivity index (χ1v) is 48.7. The van der Waals surface area contributed by atoms with Gasteiger partial charge in [0.15, 0.2) is 11.0 Å². The van der Waals surface area contributed by atoms with Gasteiger partial charge in [0.05, 0.1) is 147 Å². The number of nitro groups is 1. The van der Waals surface area contributed by atoms with E-state index in [1.54, 1.807) is 117 Å². The molecular formula is C96H118F5N9O19S5. The van der Waals surface area contributed by atoms with Crippen LogP contribution < -0.4 is 17.2 Å². The van der Waals surface area contributed by atoms with E-state index in [4.69, 9.17) is 98.7 Å². The smallest absolute Gasteiger partial charge is 0.312 e. The van der Waals surface area contributed by atoms with Gasteiger partial charge in [-0.1, -0.05) is 78.5 Å². The fourth-order valence-electron chi connectivity index (χ4n) is 18.2. The number of thioether (sulfide) groups is 5. The zero-order valence-electron chi connectivity index (χ0n) is 77.5. The van der Waals surface area contributed by atoms with Crippen LogP contribution >= 0.6 is 58.8 Å². The van der Waals surface area contributed by atoms with Gasteiger partial charge in [-0.3, -0.25) is 49.3 Å². The molecule has 0 spiro atoms. The molecule has 0 aromatic heterocycles. The number of fused-ring (bicyclic) bond motifs is 5. The number of Topliss-reactive ketones (excluding diaryl/α,β-unsaturated/α-hetero) is 1. The number of non-ortho nitro benzene ring substituents is 1. The molecule has 0 bridgehead atoms. The Balaban J connectivity index is 0.000000152. The predicted molar refractivity (Wildman–Crippen MR) is 512 cm³/mol. The summed E-state index contributed by atoms with van der Waals surface area (Å²) in [4.78, 5) is 84.3. The molecule has 134 heavy (non-hydrogen) atoms. The van der Waals surface area contributed by atoms with Gasteiger partial charge in [-0.05, 0) is 117 Å². The molecule has 5 fully saturated rings. The number of halogens is 5. The number of aliphatic imine (C=N–C) groups is 5. The minimum absolute atomic E-state index is 0.00834. The van der Waals surface area contributed by atoms with Gasteiger partial charge in [0, 0.05) is 151 Å². The van der Waals surface area contributed by atoms with E-state index >= 15 is 0 Å². The number of anilines is 2. The van der Waals surface area contributed by atoms with Gasteiger partial charge in [-0.2, -0.15) is 0 Å². The van der Waals surface area contributed by atoms with Crippen LogP contribution in [0.4, 0.5) is 39.0 Å². The molecular weight excluding hydrogens is 1840 g/mol. The number of carbonyl (C=O) groups excluding carboxylic acids is 4. The standard InChI is InChI=1S/C22H22FNO3S.C20H25FN2O6S.2C20H27FN2O4S.C14H17FN2O2S/c1-26-20-12-27-14-22(16-9-5-6-10-18(16)23)17(20)13-28-21(24-22)11-19(25)15-7-3-2-4-8-15;1-19(2,3)29-18(24)8-17-22-20(11-28-9-16(27-4)14(20)10-30-17)13-7-12(23(25)26)5-6-15(13)21;2*1-19(2,3)27-18(24)8-17-23-20(13-7-12(22)5-6-15(13)21)11-26-9-16(25-4)14(20)10-28-17;1-18-12-6-19-8-14(9-4-2-3-5-11(9)15)10(12)7-20-13(16)17-14/h2-10,17,20H,11-14H2,1H3;5-7,14,16H,8-11H2,1-4H3;2*5-7,14,16H,8-11,22H2,1-4H3;2-5,10,12H,6-8H2,1H3,(H2,16,17)/t17-,20+,22-;3*14-,16+,20-;10-,12+,14-/m11111/s1. The Kier molecular flexibility index (Phi) is 35.1. The molecule has 16 rings (SSSR count). The Hall–Kier alpha value is -8.45. The number of ether oxygens (including phenoxy) is 13. The van der Waals surface area contributed by atoms with Crippen molar-refractivity contribution in [2.75, 3.05) is 142 Å². The van der Waals surface area contributed by atoms with Crippen molar-refractivity contribution in [3.8, 4) is 0 Å². The molecule has 0 unspecified atom stereocenters. The van der Waals surface area contributed by atoms with Gasteiger partial charge in [-0.25, -0.2) is 26.9 Å². The first-order valence-electron chi connectivity index (χ1n) is 43.8. The lowest BCUT2D eigenvalue weighted by molar-refractivity contribution is -0.385. The normalized spacial score (nSPS) is 28.1. The van der Waals surface area contributed by atoms with Crippen LogP contribution in [0.2, 0.25) is 0 Å². The molecule has 6 aromatic carbocycles. The fourth-order valence-corrected chi connectivity index (χ4v) is 24.5. The highest BCUT2D eigenvalue weighted by Crippen LogP contribution is 2.54. The number of hydrogen-bond donors (Lipinski definition) is 3. The zero-order valence-corrected chi connectivity index (χ0v) is 81.6. The van der Waals surface area contributed by atoms with E-state index in [1.165, 1.54) is 89.5 Å². The highest BCUT2D eigenvalue weighted by atomic mass is 32.2. The molecule has 0 radical (unpaired) electrons. The summed E-state index contributed by atoms with van der Waals surface area (Å²) in [7, 11) is 8.07. The third kappa shape index (κ3) is 24.6. The first kappa shape index (κ1) is 104. The molecule has 5 saturated heterocycles. The molecule has 28 nitrogen and oxygen atoms in total. The van der Waals surface area contributed by atoms with Crippen LogP contribution in [0.25, 0.3) is 0 Å². The Bertz CT molecular complexity index is 5220. The lowest BCUT2D eigenvalue weighted by Crippen LogP contribution is -2.55. The number of amidine groups is 1. The number of nitro benzene ring substituents is 1. The number of hydrogen-bond acceptors (Lipinski definition) is 32.